The lowest BCUT2D eigenvalue weighted by Gasteiger charge is -2.16. The molecule has 10 heteroatoms. The van der Waals surface area contributed by atoms with E-state index in [2.05, 4.69) is 0 Å². The first-order valence-electron chi connectivity index (χ1n) is 8.51. The first-order valence-corrected chi connectivity index (χ1v) is 10.7. The molecule has 1 aliphatic heterocycles. The van der Waals surface area contributed by atoms with E-state index in [4.69, 9.17) is 21.1 Å². The number of benzene rings is 1. The topological polar surface area (TPSA) is 46.6 Å². The van der Waals surface area contributed by atoms with Crippen LogP contribution in [0, 0.1) is 0 Å². The summed E-state index contributed by atoms with van der Waals surface area (Å²) in [5, 5.41) is 0.644. The fourth-order valence-corrected chi connectivity index (χ4v) is 4.71. The second-order valence-electron chi connectivity index (χ2n) is 6.09. The van der Waals surface area contributed by atoms with Gasteiger partial charge in [0, 0.05) is 6.08 Å². The molecule has 0 radical (unpaired) electrons. The Bertz CT molecular complexity index is 1120. The molecule has 4 rings (SSSR count). The number of nitrogens with zero attached hydrogens (tertiary/aromatic N) is 1. The van der Waals surface area contributed by atoms with Crippen LogP contribution in [-0.4, -0.2) is 10.2 Å². The van der Waals surface area contributed by atoms with E-state index in [9.17, 15) is 18.0 Å². The number of furan rings is 2. The van der Waals surface area contributed by atoms with Crippen LogP contribution in [0.3, 0.4) is 0 Å². The van der Waals surface area contributed by atoms with Crippen LogP contribution in [0.15, 0.2) is 73.6 Å². The molecule has 1 amide bonds. The predicted molar refractivity (Wildman–Crippen MR) is 114 cm³/mol. The highest BCUT2D eigenvalue weighted by atomic mass is 32.2. The molecule has 0 atom stereocenters. The number of alkyl halides is 3. The van der Waals surface area contributed by atoms with Gasteiger partial charge in [-0.15, -0.1) is 0 Å². The van der Waals surface area contributed by atoms with Gasteiger partial charge in [0.2, 0.25) is 0 Å². The molecule has 1 saturated heterocycles. The molecule has 30 heavy (non-hydrogen) atoms. The summed E-state index contributed by atoms with van der Waals surface area (Å²) in [4.78, 5) is 14.1. The SMILES string of the molecule is O=C1/C(=C/c2ccc(SCc3ccco3)o2)SC(=S)N1c1cccc(C(F)(F)F)c1. The number of halogens is 3. The lowest BCUT2D eigenvalue weighted by Crippen LogP contribution is -2.27. The monoisotopic (exact) mass is 467 g/mol. The number of carbonyl (C=O) groups excluding carboxylic acids is 1. The van der Waals surface area contributed by atoms with Crippen LogP contribution >= 0.6 is 35.7 Å². The van der Waals surface area contributed by atoms with E-state index in [1.165, 1.54) is 30.0 Å². The van der Waals surface area contributed by atoms with Gasteiger partial charge in [-0.2, -0.15) is 13.2 Å². The Labute approximate surface area is 183 Å². The molecule has 1 fully saturated rings. The van der Waals surface area contributed by atoms with Gasteiger partial charge in [0.25, 0.3) is 5.91 Å². The zero-order valence-corrected chi connectivity index (χ0v) is 17.5. The van der Waals surface area contributed by atoms with E-state index in [0.717, 1.165) is 34.6 Å². The standard InChI is InChI=1S/C20H12F3NO3S3/c21-20(22,23)12-3-1-4-13(9-12)24-18(25)16(30-19(24)28)10-14-6-7-17(27-14)29-11-15-5-2-8-26-15/h1-10H,11H2/b16-10-. The molecule has 154 valence electrons. The van der Waals surface area contributed by atoms with Crippen molar-refractivity contribution in [1.29, 1.82) is 0 Å². The van der Waals surface area contributed by atoms with Gasteiger partial charge in [-0.05, 0) is 42.5 Å². The number of hydrogen-bond donors (Lipinski definition) is 0. The van der Waals surface area contributed by atoms with Crippen molar-refractivity contribution in [2.24, 2.45) is 0 Å². The highest BCUT2D eigenvalue weighted by Gasteiger charge is 2.36. The number of amides is 1. The minimum Gasteiger partial charge on any atom is -0.468 e. The van der Waals surface area contributed by atoms with E-state index in [0.29, 0.717) is 16.6 Å². The minimum atomic E-state index is -4.51. The average molecular weight is 468 g/mol. The van der Waals surface area contributed by atoms with Crippen molar-refractivity contribution in [1.82, 2.24) is 0 Å². The largest absolute Gasteiger partial charge is 0.468 e. The summed E-state index contributed by atoms with van der Waals surface area (Å²) in [7, 11) is 0. The highest BCUT2D eigenvalue weighted by molar-refractivity contribution is 8.27. The van der Waals surface area contributed by atoms with Gasteiger partial charge in [-0.25, -0.2) is 0 Å². The van der Waals surface area contributed by atoms with Crippen molar-refractivity contribution < 1.29 is 26.8 Å². The zero-order valence-electron chi connectivity index (χ0n) is 15.0. The van der Waals surface area contributed by atoms with Gasteiger partial charge in [0.15, 0.2) is 9.41 Å². The maximum Gasteiger partial charge on any atom is 0.416 e. The summed E-state index contributed by atoms with van der Waals surface area (Å²) in [6.07, 6.45) is -1.39. The summed E-state index contributed by atoms with van der Waals surface area (Å²) in [5.41, 5.74) is -0.771. The summed E-state index contributed by atoms with van der Waals surface area (Å²) in [5.74, 6) is 1.35. The lowest BCUT2D eigenvalue weighted by atomic mass is 10.2. The van der Waals surface area contributed by atoms with Crippen LogP contribution in [-0.2, 0) is 16.7 Å². The molecule has 0 spiro atoms. The molecule has 0 unspecified atom stereocenters. The number of hydrogen-bond acceptors (Lipinski definition) is 6. The number of thiocarbonyl (C=S) groups is 1. The van der Waals surface area contributed by atoms with Crippen molar-refractivity contribution in [2.45, 2.75) is 17.0 Å². The number of carbonyl (C=O) groups is 1. The van der Waals surface area contributed by atoms with Crippen LogP contribution in [0.4, 0.5) is 18.9 Å². The maximum atomic E-state index is 13.0. The van der Waals surface area contributed by atoms with Gasteiger partial charge >= 0.3 is 6.18 Å². The number of anilines is 1. The van der Waals surface area contributed by atoms with Gasteiger partial charge in [-0.3, -0.25) is 9.69 Å². The van der Waals surface area contributed by atoms with Gasteiger partial charge in [0.05, 0.1) is 28.2 Å². The second-order valence-corrected chi connectivity index (χ2v) is 8.75. The Morgan fingerprint density at radius 2 is 2.00 bits per heavy atom. The third-order valence-electron chi connectivity index (χ3n) is 4.04. The minimum absolute atomic E-state index is 0.0739. The van der Waals surface area contributed by atoms with Crippen molar-refractivity contribution in [3.63, 3.8) is 0 Å². The van der Waals surface area contributed by atoms with Gasteiger partial charge in [-0.1, -0.05) is 41.8 Å². The van der Waals surface area contributed by atoms with Crippen LogP contribution in [0.2, 0.25) is 0 Å². The summed E-state index contributed by atoms with van der Waals surface area (Å²) >= 11 is 7.67. The van der Waals surface area contributed by atoms with E-state index in [1.807, 2.05) is 6.07 Å². The smallest absolute Gasteiger partial charge is 0.416 e. The fraction of sp³-hybridized carbons (Fsp3) is 0.100. The van der Waals surface area contributed by atoms with E-state index < -0.39 is 17.6 Å². The zero-order chi connectivity index (χ0) is 21.3. The molecule has 3 aromatic rings. The Hall–Kier alpha value is -2.43. The Morgan fingerprint density at radius 3 is 2.73 bits per heavy atom. The van der Waals surface area contributed by atoms with Crippen LogP contribution in [0.5, 0.6) is 0 Å². The van der Waals surface area contributed by atoms with E-state index in [1.54, 1.807) is 24.5 Å². The molecular formula is C20H12F3NO3S3. The molecule has 1 aromatic carbocycles. The molecular weight excluding hydrogens is 455 g/mol. The number of rotatable bonds is 5. The Kier molecular flexibility index (Phi) is 5.81. The van der Waals surface area contributed by atoms with Crippen LogP contribution < -0.4 is 4.90 Å². The van der Waals surface area contributed by atoms with E-state index >= 15 is 0 Å². The fourth-order valence-electron chi connectivity index (χ4n) is 2.67. The average Bonchev–Trinajstić information content (AvgIpc) is 3.42. The molecule has 0 aliphatic carbocycles. The van der Waals surface area contributed by atoms with E-state index in [-0.39, 0.29) is 14.9 Å². The molecule has 4 nitrogen and oxygen atoms in total. The quantitative estimate of drug-likeness (QED) is 0.240. The number of thioether (sulfide) groups is 2. The van der Waals surface area contributed by atoms with Crippen molar-refractivity contribution in [2.75, 3.05) is 4.90 Å². The van der Waals surface area contributed by atoms with Crippen molar-refractivity contribution >= 4 is 57.7 Å². The first kappa shape index (κ1) is 20.8. The molecule has 2 aromatic heterocycles. The van der Waals surface area contributed by atoms with Crippen molar-refractivity contribution in [3.8, 4) is 0 Å². The van der Waals surface area contributed by atoms with Gasteiger partial charge in [0.1, 0.15) is 11.5 Å². The molecule has 1 aliphatic rings. The predicted octanol–water partition coefficient (Wildman–Crippen LogP) is 6.59. The first-order chi connectivity index (χ1) is 14.3. The summed E-state index contributed by atoms with van der Waals surface area (Å²) < 4.78 is 50.1. The lowest BCUT2D eigenvalue weighted by molar-refractivity contribution is -0.137. The summed E-state index contributed by atoms with van der Waals surface area (Å²) in [6, 6.07) is 11.7. The van der Waals surface area contributed by atoms with Crippen molar-refractivity contribution in [3.05, 3.63) is 76.8 Å². The maximum absolute atomic E-state index is 13.0. The van der Waals surface area contributed by atoms with Crippen LogP contribution in [0.25, 0.3) is 6.08 Å². The third kappa shape index (κ3) is 4.50. The summed E-state index contributed by atoms with van der Waals surface area (Å²) in [6.45, 7) is 0. The highest BCUT2D eigenvalue weighted by Crippen LogP contribution is 2.39. The van der Waals surface area contributed by atoms with Crippen LogP contribution in [0.1, 0.15) is 17.1 Å². The molecule has 0 saturated carbocycles. The Balaban J connectivity index is 1.51. The van der Waals surface area contributed by atoms with Gasteiger partial charge < -0.3 is 8.83 Å². The molecule has 0 bridgehead atoms. The second kappa shape index (κ2) is 8.37. The Morgan fingerprint density at radius 1 is 1.17 bits per heavy atom. The molecule has 3 heterocycles. The third-order valence-corrected chi connectivity index (χ3v) is 6.27. The molecule has 0 N–H and O–H groups in total. The normalized spacial score (nSPS) is 16.1.